The molecule has 2 aromatic carbocycles. The van der Waals surface area contributed by atoms with E-state index in [1.165, 1.54) is 16.3 Å². The number of ether oxygens (including phenoxy) is 1. The highest BCUT2D eigenvalue weighted by atomic mass is 35.5. The summed E-state index contributed by atoms with van der Waals surface area (Å²) < 4.78 is 5.92. The van der Waals surface area contributed by atoms with Crippen LogP contribution in [0.1, 0.15) is 5.56 Å². The van der Waals surface area contributed by atoms with Gasteiger partial charge in [0.2, 0.25) is 0 Å². The third-order valence-corrected chi connectivity index (χ3v) is 3.14. The van der Waals surface area contributed by atoms with Crippen LogP contribution >= 0.6 is 0 Å². The van der Waals surface area contributed by atoms with Crippen LogP contribution < -0.4 is 17.1 Å². The van der Waals surface area contributed by atoms with E-state index in [9.17, 15) is 0 Å². The first-order chi connectivity index (χ1) is 9.22. The summed E-state index contributed by atoms with van der Waals surface area (Å²) in [6, 6.07) is 12.6. The van der Waals surface area contributed by atoms with Crippen LogP contribution in [0.2, 0.25) is 0 Å². The molecule has 0 unspecified atom stereocenters. The van der Waals surface area contributed by atoms with E-state index < -0.39 is 0 Å². The molecule has 0 spiro atoms. The topological polar surface area (TPSA) is 12.5 Å². The van der Waals surface area contributed by atoms with Crippen molar-refractivity contribution in [1.82, 2.24) is 4.90 Å². The molecule has 0 saturated heterocycles. The van der Waals surface area contributed by atoms with Gasteiger partial charge in [0.25, 0.3) is 0 Å². The van der Waals surface area contributed by atoms with Crippen molar-refractivity contribution in [1.29, 1.82) is 0 Å². The van der Waals surface area contributed by atoms with Crippen molar-refractivity contribution in [3.63, 3.8) is 0 Å². The number of rotatable bonds is 6. The predicted molar refractivity (Wildman–Crippen MR) is 81.9 cm³/mol. The van der Waals surface area contributed by atoms with Crippen molar-refractivity contribution in [2.24, 2.45) is 0 Å². The van der Waals surface area contributed by atoms with Crippen LogP contribution in [0.4, 0.5) is 0 Å². The summed E-state index contributed by atoms with van der Waals surface area (Å²) in [5.74, 6) is 0.973. The predicted octanol–water partition coefficient (Wildman–Crippen LogP) is 0.513. The molecule has 0 bridgehead atoms. The highest BCUT2D eigenvalue weighted by Crippen LogP contribution is 2.28. The van der Waals surface area contributed by atoms with Crippen LogP contribution in [-0.2, 0) is 6.42 Å². The van der Waals surface area contributed by atoms with Crippen LogP contribution in [0.5, 0.6) is 5.75 Å². The summed E-state index contributed by atoms with van der Waals surface area (Å²) in [5, 5.41) is 2.50. The Bertz CT molecular complexity index is 566. The maximum absolute atomic E-state index is 5.92. The average molecular weight is 291 g/mol. The molecule has 2 nitrogen and oxygen atoms in total. The quantitative estimate of drug-likeness (QED) is 0.719. The SMILES string of the molecule is C=CCc1c(OCCN(C)C)ccc2ccccc12.[Cl-]. The van der Waals surface area contributed by atoms with Gasteiger partial charge in [-0.05, 0) is 37.4 Å². The molecule has 2 aromatic rings. The molecule has 0 N–H and O–H groups in total. The number of halogens is 1. The van der Waals surface area contributed by atoms with Crippen LogP contribution in [-0.4, -0.2) is 32.1 Å². The first kappa shape index (κ1) is 16.5. The molecule has 3 heteroatoms. The van der Waals surface area contributed by atoms with Gasteiger partial charge in [-0.25, -0.2) is 0 Å². The van der Waals surface area contributed by atoms with E-state index in [4.69, 9.17) is 4.74 Å². The largest absolute Gasteiger partial charge is 1.00 e. The van der Waals surface area contributed by atoms with Gasteiger partial charge in [-0.3, -0.25) is 0 Å². The fourth-order valence-electron chi connectivity index (χ4n) is 2.14. The lowest BCUT2D eigenvalue weighted by atomic mass is 10.0. The van der Waals surface area contributed by atoms with E-state index in [-0.39, 0.29) is 12.4 Å². The monoisotopic (exact) mass is 290 g/mol. The molecular weight excluding hydrogens is 270 g/mol. The summed E-state index contributed by atoms with van der Waals surface area (Å²) in [7, 11) is 4.10. The highest BCUT2D eigenvalue weighted by molar-refractivity contribution is 5.87. The van der Waals surface area contributed by atoms with Gasteiger partial charge < -0.3 is 22.0 Å². The van der Waals surface area contributed by atoms with Gasteiger partial charge in [-0.1, -0.05) is 36.4 Å². The van der Waals surface area contributed by atoms with E-state index in [1.54, 1.807) is 0 Å². The normalized spacial score (nSPS) is 10.3. The van der Waals surface area contributed by atoms with Crippen LogP contribution in [0, 0.1) is 0 Å². The minimum Gasteiger partial charge on any atom is -1.00 e. The second-order valence-corrected chi connectivity index (χ2v) is 4.91. The van der Waals surface area contributed by atoms with Crippen LogP contribution in [0.25, 0.3) is 10.8 Å². The third-order valence-electron chi connectivity index (χ3n) is 3.14. The summed E-state index contributed by atoms with van der Waals surface area (Å²) >= 11 is 0. The number of benzene rings is 2. The lowest BCUT2D eigenvalue weighted by Crippen LogP contribution is -3.00. The minimum absolute atomic E-state index is 0. The van der Waals surface area contributed by atoms with Crippen molar-refractivity contribution < 1.29 is 17.1 Å². The molecule has 0 heterocycles. The Hall–Kier alpha value is -1.51. The minimum atomic E-state index is 0. The van der Waals surface area contributed by atoms with Gasteiger partial charge in [0.15, 0.2) is 0 Å². The fraction of sp³-hybridized carbons (Fsp3) is 0.294. The lowest BCUT2D eigenvalue weighted by molar-refractivity contribution is -0.00000444. The van der Waals surface area contributed by atoms with E-state index in [0.717, 1.165) is 18.7 Å². The van der Waals surface area contributed by atoms with Crippen molar-refractivity contribution in [3.8, 4) is 5.75 Å². The molecule has 0 aliphatic rings. The summed E-state index contributed by atoms with van der Waals surface area (Å²) in [5.41, 5.74) is 1.23. The Morgan fingerprint density at radius 1 is 1.15 bits per heavy atom. The average Bonchev–Trinajstić information content (AvgIpc) is 2.41. The number of hydrogen-bond acceptors (Lipinski definition) is 2. The molecule has 0 radical (unpaired) electrons. The molecule has 0 saturated carbocycles. The third kappa shape index (κ3) is 3.99. The van der Waals surface area contributed by atoms with Crippen LogP contribution in [0.15, 0.2) is 49.1 Å². The van der Waals surface area contributed by atoms with E-state index in [2.05, 4.69) is 62.0 Å². The standard InChI is InChI=1S/C17H21NO.ClH/c1-4-7-16-15-9-6-5-8-14(15)10-11-17(16)19-13-12-18(2)3;/h4-6,8-11H,1,7,12-13H2,2-3H3;1H/p-1. The number of fused-ring (bicyclic) bond motifs is 1. The molecule has 0 aromatic heterocycles. The molecule has 2 rings (SSSR count). The Morgan fingerprint density at radius 3 is 2.60 bits per heavy atom. The number of allylic oxidation sites excluding steroid dienone is 1. The molecule has 108 valence electrons. The Balaban J connectivity index is 0.00000200. The molecule has 0 aliphatic carbocycles. The van der Waals surface area contributed by atoms with Gasteiger partial charge in [-0.2, -0.15) is 0 Å². The maximum atomic E-state index is 5.92. The highest BCUT2D eigenvalue weighted by Gasteiger charge is 2.07. The van der Waals surface area contributed by atoms with Gasteiger partial charge in [0, 0.05) is 12.1 Å². The first-order valence-electron chi connectivity index (χ1n) is 6.61. The smallest absolute Gasteiger partial charge is 0.123 e. The zero-order valence-corrected chi connectivity index (χ0v) is 12.9. The van der Waals surface area contributed by atoms with Gasteiger partial charge >= 0.3 is 0 Å². The Morgan fingerprint density at radius 2 is 1.90 bits per heavy atom. The van der Waals surface area contributed by atoms with E-state index in [1.807, 2.05) is 6.08 Å². The van der Waals surface area contributed by atoms with Crippen molar-refractivity contribution in [2.75, 3.05) is 27.2 Å². The summed E-state index contributed by atoms with van der Waals surface area (Å²) in [6.45, 7) is 5.47. The first-order valence-corrected chi connectivity index (χ1v) is 6.61. The summed E-state index contributed by atoms with van der Waals surface area (Å²) in [6.07, 6.45) is 2.76. The zero-order valence-electron chi connectivity index (χ0n) is 12.1. The van der Waals surface area contributed by atoms with Gasteiger partial charge in [0.05, 0.1) is 0 Å². The van der Waals surface area contributed by atoms with Gasteiger partial charge in [-0.15, -0.1) is 6.58 Å². The zero-order chi connectivity index (χ0) is 13.7. The second kappa shape index (κ2) is 7.93. The van der Waals surface area contributed by atoms with Crippen molar-refractivity contribution >= 4 is 10.8 Å². The Kier molecular flexibility index (Phi) is 6.56. The van der Waals surface area contributed by atoms with Crippen LogP contribution in [0.3, 0.4) is 0 Å². The molecule has 0 amide bonds. The van der Waals surface area contributed by atoms with E-state index >= 15 is 0 Å². The van der Waals surface area contributed by atoms with Gasteiger partial charge in [0.1, 0.15) is 12.4 Å². The molecule has 20 heavy (non-hydrogen) atoms. The Labute approximate surface area is 127 Å². The van der Waals surface area contributed by atoms with Crippen molar-refractivity contribution in [3.05, 3.63) is 54.6 Å². The molecule has 0 fully saturated rings. The second-order valence-electron chi connectivity index (χ2n) is 4.91. The molecular formula is C17H21ClNO-. The maximum Gasteiger partial charge on any atom is 0.123 e. The molecule has 0 atom stereocenters. The number of likely N-dealkylation sites (N-methyl/N-ethyl adjacent to an activating group) is 1. The van der Waals surface area contributed by atoms with E-state index in [0.29, 0.717) is 6.61 Å². The number of nitrogens with zero attached hydrogens (tertiary/aromatic N) is 1. The molecule has 0 aliphatic heterocycles. The summed E-state index contributed by atoms with van der Waals surface area (Å²) in [4.78, 5) is 2.12. The number of hydrogen-bond donors (Lipinski definition) is 0. The lowest BCUT2D eigenvalue weighted by Gasteiger charge is -2.15. The van der Waals surface area contributed by atoms with Crippen molar-refractivity contribution in [2.45, 2.75) is 6.42 Å². The fourth-order valence-corrected chi connectivity index (χ4v) is 2.14.